The number of carbonyl (C=O) groups is 2. The lowest BCUT2D eigenvalue weighted by Crippen LogP contribution is -2.43. The van der Waals surface area contributed by atoms with Crippen LogP contribution in [0.2, 0.25) is 0 Å². The molecule has 0 bridgehead atoms. The Bertz CT molecular complexity index is 1010. The number of likely N-dealkylation sites (tertiary alicyclic amines) is 1. The molecule has 31 heavy (non-hydrogen) atoms. The van der Waals surface area contributed by atoms with Crippen LogP contribution in [-0.4, -0.2) is 50.0 Å². The molecule has 2 heterocycles. The summed E-state index contributed by atoms with van der Waals surface area (Å²) in [6.45, 7) is 1.70. The van der Waals surface area contributed by atoms with Gasteiger partial charge >= 0.3 is 0 Å². The van der Waals surface area contributed by atoms with E-state index in [1.807, 2.05) is 65.6 Å². The normalized spacial score (nSPS) is 16.1. The number of piperidine rings is 1. The molecule has 2 aromatic carbocycles. The number of para-hydroxylation sites is 1. The van der Waals surface area contributed by atoms with Gasteiger partial charge in [0.25, 0.3) is 0 Å². The van der Waals surface area contributed by atoms with Gasteiger partial charge in [-0.05, 0) is 36.6 Å². The Labute approximate surface area is 181 Å². The van der Waals surface area contributed by atoms with Crippen molar-refractivity contribution < 1.29 is 9.59 Å². The lowest BCUT2D eigenvalue weighted by atomic mass is 9.96. The quantitative estimate of drug-likeness (QED) is 0.637. The maximum absolute atomic E-state index is 12.7. The molecule has 0 saturated carbocycles. The molecular formula is C23H26N6O2. The highest BCUT2D eigenvalue weighted by Crippen LogP contribution is 2.20. The maximum Gasteiger partial charge on any atom is 0.229 e. The molecular weight excluding hydrogens is 392 g/mol. The van der Waals surface area contributed by atoms with Gasteiger partial charge in [0.2, 0.25) is 17.6 Å². The number of amides is 2. The van der Waals surface area contributed by atoms with Crippen LogP contribution in [0.4, 0.5) is 5.69 Å². The lowest BCUT2D eigenvalue weighted by molar-refractivity contribution is -0.134. The molecule has 0 spiro atoms. The van der Waals surface area contributed by atoms with Crippen LogP contribution in [0, 0.1) is 5.92 Å². The predicted molar refractivity (Wildman–Crippen MR) is 117 cm³/mol. The standard InChI is InChI=1S/C23H26N6O2/c30-21(14-8-16-29-26-22(25-27-29)18-9-3-1-4-10-18)28-15-7-11-19(17-28)23(31)24-20-12-5-2-6-13-20/h1-6,9-10,12-13,19H,7-8,11,14-17H2,(H,24,31). The Kier molecular flexibility index (Phi) is 6.66. The van der Waals surface area contributed by atoms with E-state index in [4.69, 9.17) is 0 Å². The first kappa shape index (κ1) is 20.7. The van der Waals surface area contributed by atoms with E-state index in [-0.39, 0.29) is 17.7 Å². The minimum atomic E-state index is -0.177. The molecule has 4 rings (SSSR count). The second-order valence-corrected chi connectivity index (χ2v) is 7.71. The van der Waals surface area contributed by atoms with Gasteiger partial charge in [-0.15, -0.1) is 10.2 Å². The van der Waals surface area contributed by atoms with Crippen molar-refractivity contribution in [2.45, 2.75) is 32.2 Å². The van der Waals surface area contributed by atoms with Gasteiger partial charge in [0.15, 0.2) is 0 Å². The van der Waals surface area contributed by atoms with Crippen LogP contribution in [-0.2, 0) is 16.1 Å². The van der Waals surface area contributed by atoms with Crippen molar-refractivity contribution >= 4 is 17.5 Å². The van der Waals surface area contributed by atoms with Gasteiger partial charge in [-0.3, -0.25) is 9.59 Å². The molecule has 1 fully saturated rings. The number of carbonyl (C=O) groups excluding carboxylic acids is 2. The summed E-state index contributed by atoms with van der Waals surface area (Å²) in [5, 5.41) is 15.5. The highest BCUT2D eigenvalue weighted by molar-refractivity contribution is 5.93. The Morgan fingerprint density at radius 1 is 1.03 bits per heavy atom. The Morgan fingerprint density at radius 3 is 2.55 bits per heavy atom. The number of aromatic nitrogens is 4. The van der Waals surface area contributed by atoms with E-state index >= 15 is 0 Å². The first-order chi connectivity index (χ1) is 15.2. The third-order valence-corrected chi connectivity index (χ3v) is 5.42. The van der Waals surface area contributed by atoms with Crippen molar-refractivity contribution in [2.75, 3.05) is 18.4 Å². The summed E-state index contributed by atoms with van der Waals surface area (Å²) in [7, 11) is 0. The van der Waals surface area contributed by atoms with Crippen molar-refractivity contribution in [1.29, 1.82) is 0 Å². The third kappa shape index (κ3) is 5.53. The highest BCUT2D eigenvalue weighted by atomic mass is 16.2. The SMILES string of the molecule is O=C(Nc1ccccc1)C1CCCN(C(=O)CCCn2nnc(-c3ccccc3)n2)C1. The zero-order valence-electron chi connectivity index (χ0n) is 17.4. The van der Waals surface area contributed by atoms with Gasteiger partial charge in [0.1, 0.15) is 0 Å². The van der Waals surface area contributed by atoms with Crippen LogP contribution in [0.15, 0.2) is 60.7 Å². The van der Waals surface area contributed by atoms with Crippen molar-refractivity contribution in [2.24, 2.45) is 5.92 Å². The van der Waals surface area contributed by atoms with E-state index in [0.29, 0.717) is 38.3 Å². The molecule has 1 aliphatic rings. The lowest BCUT2D eigenvalue weighted by Gasteiger charge is -2.32. The van der Waals surface area contributed by atoms with E-state index in [0.717, 1.165) is 24.1 Å². The molecule has 8 heteroatoms. The molecule has 1 unspecified atom stereocenters. The van der Waals surface area contributed by atoms with E-state index in [1.54, 1.807) is 0 Å². The first-order valence-electron chi connectivity index (χ1n) is 10.7. The molecule has 0 aliphatic carbocycles. The number of anilines is 1. The largest absolute Gasteiger partial charge is 0.342 e. The summed E-state index contributed by atoms with van der Waals surface area (Å²) in [5.41, 5.74) is 1.70. The van der Waals surface area contributed by atoms with Gasteiger partial charge in [0.05, 0.1) is 12.5 Å². The molecule has 1 atom stereocenters. The number of nitrogens with one attached hydrogen (secondary N) is 1. The fraction of sp³-hybridized carbons (Fsp3) is 0.348. The van der Waals surface area contributed by atoms with Crippen LogP contribution in [0.5, 0.6) is 0 Å². The minimum Gasteiger partial charge on any atom is -0.342 e. The average molecular weight is 419 g/mol. The molecule has 3 aromatic rings. The van der Waals surface area contributed by atoms with Crippen molar-refractivity contribution in [3.63, 3.8) is 0 Å². The molecule has 1 aliphatic heterocycles. The van der Waals surface area contributed by atoms with Gasteiger partial charge in [-0.25, -0.2) is 0 Å². The smallest absolute Gasteiger partial charge is 0.229 e. The number of benzene rings is 2. The van der Waals surface area contributed by atoms with Crippen LogP contribution in [0.25, 0.3) is 11.4 Å². The molecule has 1 aromatic heterocycles. The van der Waals surface area contributed by atoms with Crippen molar-refractivity contribution in [3.05, 3.63) is 60.7 Å². The highest BCUT2D eigenvalue weighted by Gasteiger charge is 2.28. The first-order valence-corrected chi connectivity index (χ1v) is 10.7. The fourth-order valence-corrected chi connectivity index (χ4v) is 3.75. The zero-order chi connectivity index (χ0) is 21.5. The summed E-state index contributed by atoms with van der Waals surface area (Å²) in [6, 6.07) is 19.1. The Balaban J connectivity index is 1.24. The number of tetrazole rings is 1. The second-order valence-electron chi connectivity index (χ2n) is 7.71. The zero-order valence-corrected chi connectivity index (χ0v) is 17.4. The number of hydrogen-bond acceptors (Lipinski definition) is 5. The number of rotatable bonds is 7. The predicted octanol–water partition coefficient (Wildman–Crippen LogP) is 3.00. The molecule has 1 N–H and O–H groups in total. The summed E-state index contributed by atoms with van der Waals surface area (Å²) < 4.78 is 0. The van der Waals surface area contributed by atoms with Crippen molar-refractivity contribution in [3.8, 4) is 11.4 Å². The van der Waals surface area contributed by atoms with E-state index in [2.05, 4.69) is 20.7 Å². The van der Waals surface area contributed by atoms with Gasteiger partial charge in [-0.1, -0.05) is 48.5 Å². The molecule has 0 radical (unpaired) electrons. The summed E-state index contributed by atoms with van der Waals surface area (Å²) in [5.74, 6) is 0.447. The second kappa shape index (κ2) is 9.97. The van der Waals surface area contributed by atoms with Crippen LogP contribution in [0.3, 0.4) is 0 Å². The molecule has 2 amide bonds. The fourth-order valence-electron chi connectivity index (χ4n) is 3.75. The molecule has 160 valence electrons. The van der Waals surface area contributed by atoms with E-state index in [9.17, 15) is 9.59 Å². The van der Waals surface area contributed by atoms with Crippen LogP contribution in [0.1, 0.15) is 25.7 Å². The Morgan fingerprint density at radius 2 is 1.77 bits per heavy atom. The van der Waals surface area contributed by atoms with Gasteiger partial charge < -0.3 is 10.2 Å². The Hall–Kier alpha value is -3.55. The van der Waals surface area contributed by atoms with Crippen LogP contribution < -0.4 is 5.32 Å². The molecule has 1 saturated heterocycles. The van der Waals surface area contributed by atoms with Gasteiger partial charge in [0, 0.05) is 30.8 Å². The summed E-state index contributed by atoms with van der Waals surface area (Å²) >= 11 is 0. The van der Waals surface area contributed by atoms with Crippen molar-refractivity contribution in [1.82, 2.24) is 25.1 Å². The minimum absolute atomic E-state index is 0.0241. The third-order valence-electron chi connectivity index (χ3n) is 5.42. The summed E-state index contributed by atoms with van der Waals surface area (Å²) in [4.78, 5) is 28.6. The molecule has 8 nitrogen and oxygen atoms in total. The van der Waals surface area contributed by atoms with E-state index < -0.39 is 0 Å². The monoisotopic (exact) mass is 418 g/mol. The number of nitrogens with zero attached hydrogens (tertiary/aromatic N) is 5. The van der Waals surface area contributed by atoms with Crippen LogP contribution >= 0.6 is 0 Å². The topological polar surface area (TPSA) is 93.0 Å². The number of hydrogen-bond donors (Lipinski definition) is 1. The number of aryl methyl sites for hydroxylation is 1. The van der Waals surface area contributed by atoms with E-state index in [1.165, 1.54) is 4.80 Å². The average Bonchev–Trinajstić information content (AvgIpc) is 3.29. The summed E-state index contributed by atoms with van der Waals surface area (Å²) in [6.07, 6.45) is 2.66. The maximum atomic E-state index is 12.7. The van der Waals surface area contributed by atoms with Gasteiger partial charge in [-0.2, -0.15) is 4.80 Å².